The Morgan fingerprint density at radius 2 is 1.86 bits per heavy atom. The molecule has 0 aliphatic carbocycles. The van der Waals surface area contributed by atoms with E-state index >= 15 is 0 Å². The molecule has 0 aliphatic heterocycles. The lowest BCUT2D eigenvalue weighted by molar-refractivity contribution is -0.116. The van der Waals surface area contributed by atoms with Gasteiger partial charge in [0.25, 0.3) is 11.3 Å². The Hall–Kier alpha value is -3.88. The van der Waals surface area contributed by atoms with Gasteiger partial charge in [-0.25, -0.2) is 13.8 Å². The number of hydrogen-bond acceptors (Lipinski definition) is 5. The van der Waals surface area contributed by atoms with Crippen molar-refractivity contribution >= 4 is 22.7 Å². The third-order valence-corrected chi connectivity index (χ3v) is 3.98. The maximum atomic E-state index is 13.5. The van der Waals surface area contributed by atoms with Crippen LogP contribution in [0, 0.1) is 11.6 Å². The minimum atomic E-state index is -0.570. The summed E-state index contributed by atoms with van der Waals surface area (Å²) >= 11 is 0. The van der Waals surface area contributed by atoms with Crippen LogP contribution in [0.3, 0.4) is 0 Å². The number of rotatable bonds is 4. The summed E-state index contributed by atoms with van der Waals surface area (Å²) in [5.74, 6) is -1.53. The summed E-state index contributed by atoms with van der Waals surface area (Å²) in [6, 6.07) is 10.9. The minimum absolute atomic E-state index is 0.0222. The molecule has 0 radical (unpaired) electrons. The van der Waals surface area contributed by atoms with Crippen LogP contribution in [-0.4, -0.2) is 20.6 Å². The number of carbonyl (C=O) groups is 1. The zero-order valence-electron chi connectivity index (χ0n) is 14.2. The second-order valence-electron chi connectivity index (χ2n) is 5.96. The molecule has 0 saturated carbocycles. The lowest BCUT2D eigenvalue weighted by atomic mass is 10.1. The van der Waals surface area contributed by atoms with Gasteiger partial charge in [-0.2, -0.15) is 0 Å². The standard InChI is InChI=1S/C19H12F2N4O3/c20-12-4-1-3-11(7-12)17-16-18(28-24-17)22-10-25(19(16)27)9-15(26)23-14-6-2-5-13(21)8-14/h1-8,10H,9H2,(H,23,26). The molecular weight excluding hydrogens is 370 g/mol. The van der Waals surface area contributed by atoms with Crippen molar-refractivity contribution in [2.24, 2.45) is 0 Å². The van der Waals surface area contributed by atoms with E-state index in [1.165, 1.54) is 36.4 Å². The molecule has 0 spiro atoms. The van der Waals surface area contributed by atoms with Crippen molar-refractivity contribution in [1.82, 2.24) is 14.7 Å². The fraction of sp³-hybridized carbons (Fsp3) is 0.0526. The van der Waals surface area contributed by atoms with Crippen LogP contribution < -0.4 is 10.9 Å². The zero-order chi connectivity index (χ0) is 19.7. The summed E-state index contributed by atoms with van der Waals surface area (Å²) in [7, 11) is 0. The van der Waals surface area contributed by atoms with Crippen molar-refractivity contribution in [2.45, 2.75) is 6.54 Å². The molecule has 0 bridgehead atoms. The van der Waals surface area contributed by atoms with Gasteiger partial charge in [0.05, 0.1) is 0 Å². The fourth-order valence-corrected chi connectivity index (χ4v) is 2.75. The largest absolute Gasteiger partial charge is 0.335 e. The maximum absolute atomic E-state index is 13.5. The van der Waals surface area contributed by atoms with Gasteiger partial charge in [-0.3, -0.25) is 14.2 Å². The van der Waals surface area contributed by atoms with Gasteiger partial charge >= 0.3 is 0 Å². The monoisotopic (exact) mass is 382 g/mol. The number of benzene rings is 2. The third kappa shape index (κ3) is 3.37. The molecule has 28 heavy (non-hydrogen) atoms. The lowest BCUT2D eigenvalue weighted by Gasteiger charge is -2.07. The number of nitrogens with one attached hydrogen (secondary N) is 1. The molecule has 0 fully saturated rings. The van der Waals surface area contributed by atoms with E-state index in [4.69, 9.17) is 4.52 Å². The van der Waals surface area contributed by atoms with E-state index in [2.05, 4.69) is 15.5 Å². The van der Waals surface area contributed by atoms with Crippen LogP contribution in [0.4, 0.5) is 14.5 Å². The van der Waals surface area contributed by atoms with Gasteiger partial charge < -0.3 is 9.84 Å². The molecule has 4 rings (SSSR count). The maximum Gasteiger partial charge on any atom is 0.267 e. The number of anilines is 1. The van der Waals surface area contributed by atoms with Crippen LogP contribution >= 0.6 is 0 Å². The van der Waals surface area contributed by atoms with E-state index in [0.717, 1.165) is 17.0 Å². The smallest absolute Gasteiger partial charge is 0.267 e. The molecule has 2 aromatic heterocycles. The quantitative estimate of drug-likeness (QED) is 0.586. The van der Waals surface area contributed by atoms with Gasteiger partial charge in [0, 0.05) is 11.3 Å². The van der Waals surface area contributed by atoms with Crippen molar-refractivity contribution in [1.29, 1.82) is 0 Å². The Morgan fingerprint density at radius 1 is 1.11 bits per heavy atom. The molecule has 2 heterocycles. The van der Waals surface area contributed by atoms with Gasteiger partial charge in [-0.1, -0.05) is 23.4 Å². The van der Waals surface area contributed by atoms with E-state index in [9.17, 15) is 18.4 Å². The van der Waals surface area contributed by atoms with E-state index < -0.39 is 23.1 Å². The van der Waals surface area contributed by atoms with Crippen molar-refractivity contribution in [3.63, 3.8) is 0 Å². The highest BCUT2D eigenvalue weighted by molar-refractivity contribution is 5.91. The van der Waals surface area contributed by atoms with Gasteiger partial charge in [0.15, 0.2) is 0 Å². The molecular formula is C19H12F2N4O3. The van der Waals surface area contributed by atoms with Crippen LogP contribution in [0.2, 0.25) is 0 Å². The van der Waals surface area contributed by atoms with Crippen LogP contribution in [0.15, 0.2) is 64.2 Å². The normalized spacial score (nSPS) is 10.9. The fourth-order valence-electron chi connectivity index (χ4n) is 2.75. The molecule has 9 heteroatoms. The highest BCUT2D eigenvalue weighted by Gasteiger charge is 2.18. The molecule has 0 atom stereocenters. The number of amides is 1. The highest BCUT2D eigenvalue weighted by Crippen LogP contribution is 2.24. The van der Waals surface area contributed by atoms with Crippen molar-refractivity contribution in [3.05, 3.63) is 76.8 Å². The molecule has 7 nitrogen and oxygen atoms in total. The number of carbonyl (C=O) groups excluding carboxylic acids is 1. The predicted molar refractivity (Wildman–Crippen MR) is 96.5 cm³/mol. The molecule has 4 aromatic rings. The first-order valence-electron chi connectivity index (χ1n) is 8.17. The molecule has 140 valence electrons. The first kappa shape index (κ1) is 17.5. The number of nitrogens with zero attached hydrogens (tertiary/aromatic N) is 3. The Morgan fingerprint density at radius 3 is 2.61 bits per heavy atom. The summed E-state index contributed by atoms with van der Waals surface area (Å²) in [6.07, 6.45) is 1.15. The second kappa shape index (κ2) is 7.03. The van der Waals surface area contributed by atoms with Crippen LogP contribution in [-0.2, 0) is 11.3 Å². The number of halogens is 2. The summed E-state index contributed by atoms with van der Waals surface area (Å²) in [5.41, 5.74) is 0.148. The number of fused-ring (bicyclic) bond motifs is 1. The first-order valence-corrected chi connectivity index (χ1v) is 8.17. The molecule has 1 amide bonds. The average molecular weight is 382 g/mol. The average Bonchev–Trinajstić information content (AvgIpc) is 3.09. The molecule has 0 aliphatic rings. The topological polar surface area (TPSA) is 90.0 Å². The van der Waals surface area contributed by atoms with E-state index in [1.54, 1.807) is 6.07 Å². The van der Waals surface area contributed by atoms with E-state index in [-0.39, 0.29) is 29.0 Å². The highest BCUT2D eigenvalue weighted by atomic mass is 19.1. The van der Waals surface area contributed by atoms with Gasteiger partial charge in [-0.05, 0) is 30.3 Å². The molecule has 0 unspecified atom stereocenters. The Bertz CT molecular complexity index is 1250. The van der Waals surface area contributed by atoms with Gasteiger partial charge in [0.1, 0.15) is 35.6 Å². The summed E-state index contributed by atoms with van der Waals surface area (Å²) in [5, 5.41) is 6.34. The van der Waals surface area contributed by atoms with Gasteiger partial charge in [0.2, 0.25) is 5.91 Å². The molecule has 1 N–H and O–H groups in total. The minimum Gasteiger partial charge on any atom is -0.335 e. The van der Waals surface area contributed by atoms with Crippen LogP contribution in [0.5, 0.6) is 0 Å². The second-order valence-corrected chi connectivity index (χ2v) is 5.96. The first-order chi connectivity index (χ1) is 13.5. The number of aromatic nitrogens is 3. The summed E-state index contributed by atoms with van der Waals surface area (Å²) < 4.78 is 32.9. The van der Waals surface area contributed by atoms with E-state index in [0.29, 0.717) is 5.56 Å². The van der Waals surface area contributed by atoms with Crippen molar-refractivity contribution < 1.29 is 18.1 Å². The molecule has 2 aromatic carbocycles. The van der Waals surface area contributed by atoms with Gasteiger partial charge in [-0.15, -0.1) is 0 Å². The van der Waals surface area contributed by atoms with Crippen LogP contribution in [0.25, 0.3) is 22.4 Å². The number of hydrogen-bond donors (Lipinski definition) is 1. The Balaban J connectivity index is 1.67. The summed E-state index contributed by atoms with van der Waals surface area (Å²) in [4.78, 5) is 29.0. The van der Waals surface area contributed by atoms with Crippen molar-refractivity contribution in [3.8, 4) is 11.3 Å². The SMILES string of the molecule is O=C(Cn1cnc2onc(-c3cccc(F)c3)c2c1=O)Nc1cccc(F)c1. The zero-order valence-corrected chi connectivity index (χ0v) is 14.2. The third-order valence-electron chi connectivity index (χ3n) is 3.98. The van der Waals surface area contributed by atoms with Crippen LogP contribution in [0.1, 0.15) is 0 Å². The lowest BCUT2D eigenvalue weighted by Crippen LogP contribution is -2.27. The van der Waals surface area contributed by atoms with E-state index in [1.807, 2.05) is 0 Å². The predicted octanol–water partition coefficient (Wildman–Crippen LogP) is 2.97. The van der Waals surface area contributed by atoms with Crippen molar-refractivity contribution in [2.75, 3.05) is 5.32 Å². The summed E-state index contributed by atoms with van der Waals surface area (Å²) in [6.45, 7) is -0.355. The Labute approximate surface area is 156 Å². The Kier molecular flexibility index (Phi) is 4.40. The molecule has 0 saturated heterocycles.